The molecule has 0 N–H and O–H groups in total. The number of nitrogens with zero attached hydrogens (tertiary/aromatic N) is 4. The molecule has 0 aliphatic carbocycles. The second-order valence-electron chi connectivity index (χ2n) is 15.1. The summed E-state index contributed by atoms with van der Waals surface area (Å²) in [6, 6.07) is 76.3. The molecule has 0 radical (unpaired) electrons. The van der Waals surface area contributed by atoms with Crippen LogP contribution in [0.1, 0.15) is 0 Å². The average Bonchev–Trinajstić information content (AvgIpc) is 3.34. The fourth-order valence-electron chi connectivity index (χ4n) is 8.12. The molecule has 11 rings (SSSR count). The molecule has 3 aromatic heterocycles. The summed E-state index contributed by atoms with van der Waals surface area (Å²) in [6.45, 7) is 0. The van der Waals surface area contributed by atoms with Crippen molar-refractivity contribution >= 4 is 32.6 Å². The first-order valence-corrected chi connectivity index (χ1v) is 20.2. The van der Waals surface area contributed by atoms with E-state index in [1.54, 1.807) is 0 Å². The van der Waals surface area contributed by atoms with Crippen molar-refractivity contribution in [3.8, 4) is 78.7 Å². The lowest BCUT2D eigenvalue weighted by atomic mass is 9.94. The summed E-state index contributed by atoms with van der Waals surface area (Å²) in [6.07, 6.45) is 0. The highest BCUT2D eigenvalue weighted by Gasteiger charge is 2.16. The van der Waals surface area contributed by atoms with Crippen molar-refractivity contribution in [2.75, 3.05) is 0 Å². The summed E-state index contributed by atoms with van der Waals surface area (Å²) in [5, 5.41) is 4.51. The van der Waals surface area contributed by atoms with Crippen LogP contribution in [0.25, 0.3) is 111 Å². The second kappa shape index (κ2) is 15.0. The number of pyridine rings is 2. The van der Waals surface area contributed by atoms with Gasteiger partial charge in [0.1, 0.15) is 0 Å². The van der Waals surface area contributed by atoms with Crippen LogP contribution in [0.5, 0.6) is 0 Å². The predicted octanol–water partition coefficient (Wildman–Crippen LogP) is 14.4. The highest BCUT2D eigenvalue weighted by atomic mass is 14.9. The number of hydrogen-bond donors (Lipinski definition) is 0. The van der Waals surface area contributed by atoms with Gasteiger partial charge < -0.3 is 0 Å². The minimum absolute atomic E-state index is 0.696. The lowest BCUT2D eigenvalue weighted by molar-refractivity contribution is 1.18. The molecule has 0 fully saturated rings. The summed E-state index contributed by atoms with van der Waals surface area (Å²) in [5.41, 5.74) is 15.1. The topological polar surface area (TPSA) is 51.6 Å². The van der Waals surface area contributed by atoms with Gasteiger partial charge in [0.15, 0.2) is 5.82 Å². The Hall–Kier alpha value is -8.08. The molecule has 0 aliphatic heterocycles. The van der Waals surface area contributed by atoms with E-state index in [0.29, 0.717) is 5.82 Å². The molecule has 4 heteroatoms. The van der Waals surface area contributed by atoms with Gasteiger partial charge in [-0.2, -0.15) is 0 Å². The molecule has 0 spiro atoms. The molecular formula is C56H36N4. The van der Waals surface area contributed by atoms with Crippen molar-refractivity contribution in [3.63, 3.8) is 0 Å². The van der Waals surface area contributed by atoms with Gasteiger partial charge in [0, 0.05) is 38.6 Å². The van der Waals surface area contributed by atoms with E-state index < -0.39 is 0 Å². The number of benzene rings is 8. The third kappa shape index (κ3) is 6.66. The first-order chi connectivity index (χ1) is 29.7. The van der Waals surface area contributed by atoms with E-state index in [0.717, 1.165) is 94.7 Å². The zero-order valence-corrected chi connectivity index (χ0v) is 32.6. The Bertz CT molecular complexity index is 3270. The van der Waals surface area contributed by atoms with Gasteiger partial charge in [0.2, 0.25) is 0 Å². The van der Waals surface area contributed by atoms with Gasteiger partial charge in [-0.25, -0.2) is 19.9 Å². The average molecular weight is 765 g/mol. The first-order valence-electron chi connectivity index (χ1n) is 20.2. The van der Waals surface area contributed by atoms with Gasteiger partial charge in [-0.05, 0) is 57.3 Å². The maximum atomic E-state index is 5.37. The van der Waals surface area contributed by atoms with E-state index in [4.69, 9.17) is 19.9 Å². The van der Waals surface area contributed by atoms with E-state index in [1.165, 1.54) is 10.8 Å². The molecule has 0 unspecified atom stereocenters. The van der Waals surface area contributed by atoms with Crippen LogP contribution in [-0.2, 0) is 0 Å². The Balaban J connectivity index is 0.985. The molecule has 0 saturated carbocycles. The van der Waals surface area contributed by atoms with Crippen molar-refractivity contribution < 1.29 is 0 Å². The molecule has 4 nitrogen and oxygen atoms in total. The van der Waals surface area contributed by atoms with Gasteiger partial charge in [0.25, 0.3) is 0 Å². The Morgan fingerprint density at radius 1 is 0.233 bits per heavy atom. The zero-order valence-electron chi connectivity index (χ0n) is 32.6. The fourth-order valence-corrected chi connectivity index (χ4v) is 8.12. The normalized spacial score (nSPS) is 11.3. The van der Waals surface area contributed by atoms with Crippen LogP contribution in [0.2, 0.25) is 0 Å². The Labute approximate surface area is 348 Å². The van der Waals surface area contributed by atoms with Crippen LogP contribution in [0.3, 0.4) is 0 Å². The molecule has 0 saturated heterocycles. The van der Waals surface area contributed by atoms with Gasteiger partial charge in [-0.3, -0.25) is 0 Å². The third-order valence-electron chi connectivity index (χ3n) is 11.3. The maximum absolute atomic E-state index is 5.37. The number of fused-ring (bicyclic) bond motifs is 4. The summed E-state index contributed by atoms with van der Waals surface area (Å²) >= 11 is 0. The molecule has 11 aromatic rings. The quantitative estimate of drug-likeness (QED) is 0.152. The van der Waals surface area contributed by atoms with Crippen molar-refractivity contribution in [1.29, 1.82) is 0 Å². The summed E-state index contributed by atoms with van der Waals surface area (Å²) in [7, 11) is 0. The van der Waals surface area contributed by atoms with Gasteiger partial charge in [0.05, 0.1) is 33.8 Å². The first kappa shape index (κ1) is 35.1. The van der Waals surface area contributed by atoms with Crippen molar-refractivity contribution in [1.82, 2.24) is 19.9 Å². The fraction of sp³-hybridized carbons (Fsp3) is 0. The minimum atomic E-state index is 0.696. The van der Waals surface area contributed by atoms with Crippen LogP contribution < -0.4 is 0 Å². The molecule has 0 aliphatic rings. The number of hydrogen-bond acceptors (Lipinski definition) is 4. The van der Waals surface area contributed by atoms with E-state index in [9.17, 15) is 0 Å². The molecule has 3 heterocycles. The van der Waals surface area contributed by atoms with Gasteiger partial charge >= 0.3 is 0 Å². The van der Waals surface area contributed by atoms with Crippen LogP contribution in [0.15, 0.2) is 218 Å². The lowest BCUT2D eigenvalue weighted by Crippen LogP contribution is -1.96. The van der Waals surface area contributed by atoms with Crippen LogP contribution in [-0.4, -0.2) is 19.9 Å². The molecular weight excluding hydrogens is 729 g/mol. The van der Waals surface area contributed by atoms with E-state index in [2.05, 4.69) is 176 Å². The second-order valence-corrected chi connectivity index (χ2v) is 15.1. The smallest absolute Gasteiger partial charge is 0.160 e. The SMILES string of the molecule is c1ccc(-c2cc(-c3ccccc3)nc(-c3ccc(-c4ccc(-c5cc(-c6ccc7ccccc7c6)nc6c5ccc5ccc(-c7ccccc7)nc56)cc4)cc3)n2)cc1. The molecule has 280 valence electrons. The zero-order chi connectivity index (χ0) is 39.8. The standard InChI is InChI=1S/C56H36N4/c1-4-13-41(14-5-1)50-33-31-44-30-32-48-49(35-51(58-55(48)54(44)57-50)47-29-24-37-12-10-11-19-46(37)34-47)40-25-20-38(21-26-40)39-22-27-45(28-23-39)56-59-52(42-15-6-2-7-16-42)36-53(60-56)43-17-8-3-9-18-43/h1-36H. The summed E-state index contributed by atoms with van der Waals surface area (Å²) in [5.74, 6) is 0.696. The Kier molecular flexibility index (Phi) is 8.79. The van der Waals surface area contributed by atoms with E-state index in [-0.39, 0.29) is 0 Å². The van der Waals surface area contributed by atoms with E-state index in [1.807, 2.05) is 42.5 Å². The summed E-state index contributed by atoms with van der Waals surface area (Å²) < 4.78 is 0. The molecule has 60 heavy (non-hydrogen) atoms. The molecule has 8 aromatic carbocycles. The molecule has 0 atom stereocenters. The highest BCUT2D eigenvalue weighted by molar-refractivity contribution is 6.10. The van der Waals surface area contributed by atoms with Crippen LogP contribution >= 0.6 is 0 Å². The van der Waals surface area contributed by atoms with Crippen LogP contribution in [0, 0.1) is 0 Å². The van der Waals surface area contributed by atoms with Gasteiger partial charge in [-0.1, -0.05) is 194 Å². The predicted molar refractivity (Wildman–Crippen MR) is 248 cm³/mol. The maximum Gasteiger partial charge on any atom is 0.160 e. The highest BCUT2D eigenvalue weighted by Crippen LogP contribution is 2.38. The molecule has 0 amide bonds. The largest absolute Gasteiger partial charge is 0.245 e. The minimum Gasteiger partial charge on any atom is -0.245 e. The van der Waals surface area contributed by atoms with Crippen molar-refractivity contribution in [2.45, 2.75) is 0 Å². The Morgan fingerprint density at radius 2 is 0.700 bits per heavy atom. The monoisotopic (exact) mass is 764 g/mol. The van der Waals surface area contributed by atoms with Crippen molar-refractivity contribution in [2.24, 2.45) is 0 Å². The van der Waals surface area contributed by atoms with E-state index >= 15 is 0 Å². The van der Waals surface area contributed by atoms with Crippen LogP contribution in [0.4, 0.5) is 0 Å². The third-order valence-corrected chi connectivity index (χ3v) is 11.3. The van der Waals surface area contributed by atoms with Gasteiger partial charge in [-0.15, -0.1) is 0 Å². The van der Waals surface area contributed by atoms with Crippen molar-refractivity contribution in [3.05, 3.63) is 218 Å². The lowest BCUT2D eigenvalue weighted by Gasteiger charge is -2.14. The number of rotatable bonds is 7. The molecule has 0 bridgehead atoms. The summed E-state index contributed by atoms with van der Waals surface area (Å²) in [4.78, 5) is 20.7. The number of aromatic nitrogens is 4. The Morgan fingerprint density at radius 3 is 1.33 bits per heavy atom.